The molecule has 0 radical (unpaired) electrons. The summed E-state index contributed by atoms with van der Waals surface area (Å²) in [5.41, 5.74) is 0.0993. The largest absolute Gasteiger partial charge is 0.444 e. The first-order chi connectivity index (χ1) is 11.3. The first kappa shape index (κ1) is 18.1. The molecule has 6 heteroatoms. The van der Waals surface area contributed by atoms with Crippen molar-refractivity contribution in [3.05, 3.63) is 29.6 Å². The molecule has 130 valence electrons. The van der Waals surface area contributed by atoms with E-state index in [0.29, 0.717) is 12.2 Å². The van der Waals surface area contributed by atoms with Crippen molar-refractivity contribution in [2.24, 2.45) is 0 Å². The number of anilines is 1. The average Bonchev–Trinajstić information content (AvgIpc) is 2.51. The second-order valence-corrected chi connectivity index (χ2v) is 6.97. The van der Waals surface area contributed by atoms with Crippen molar-refractivity contribution in [2.75, 3.05) is 18.0 Å². The first-order valence-electron chi connectivity index (χ1n) is 8.24. The summed E-state index contributed by atoms with van der Waals surface area (Å²) in [5.74, 6) is -0.514. The molecule has 0 aromatic heterocycles. The molecule has 0 spiro atoms. The maximum absolute atomic E-state index is 13.9. The Bertz CT molecular complexity index is 634. The molecular weight excluding hydrogens is 309 g/mol. The summed E-state index contributed by atoms with van der Waals surface area (Å²) in [7, 11) is 0. The molecule has 1 N–H and O–H groups in total. The summed E-state index contributed by atoms with van der Waals surface area (Å²) in [6.45, 7) is 6.57. The number of nitrogens with one attached hydrogen (secondary N) is 1. The zero-order valence-electron chi connectivity index (χ0n) is 14.4. The first-order valence-corrected chi connectivity index (χ1v) is 8.24. The third-order valence-corrected chi connectivity index (χ3v) is 3.92. The molecule has 2 rings (SSSR count). The third kappa shape index (κ3) is 4.60. The Morgan fingerprint density at radius 2 is 2.21 bits per heavy atom. The van der Waals surface area contributed by atoms with E-state index in [1.807, 2.05) is 31.7 Å². The van der Waals surface area contributed by atoms with E-state index >= 15 is 0 Å². The maximum Gasteiger partial charge on any atom is 0.407 e. The van der Waals surface area contributed by atoms with Crippen LogP contribution in [0.1, 0.15) is 45.6 Å². The van der Waals surface area contributed by atoms with Crippen molar-refractivity contribution in [3.8, 4) is 6.07 Å². The van der Waals surface area contributed by atoms with E-state index in [9.17, 15) is 14.4 Å². The molecular formula is C18H24FN3O2. The van der Waals surface area contributed by atoms with Gasteiger partial charge in [0.25, 0.3) is 0 Å². The fourth-order valence-corrected chi connectivity index (χ4v) is 2.91. The highest BCUT2D eigenvalue weighted by molar-refractivity contribution is 5.68. The number of hydrogen-bond acceptors (Lipinski definition) is 4. The Balaban J connectivity index is 2.10. The van der Waals surface area contributed by atoms with E-state index in [1.165, 1.54) is 6.07 Å². The number of carbonyl (C=O) groups excluding carboxylic acids is 1. The topological polar surface area (TPSA) is 65.4 Å². The number of amides is 1. The minimum atomic E-state index is -0.549. The number of nitriles is 1. The minimum Gasteiger partial charge on any atom is -0.444 e. The van der Waals surface area contributed by atoms with Gasteiger partial charge in [0, 0.05) is 19.1 Å². The second-order valence-electron chi connectivity index (χ2n) is 6.97. The molecule has 0 saturated carbocycles. The maximum atomic E-state index is 13.9. The minimum absolute atomic E-state index is 0.0140. The molecule has 1 amide bonds. The Morgan fingerprint density at radius 1 is 1.46 bits per heavy atom. The molecule has 5 nitrogen and oxygen atoms in total. The molecule has 1 aromatic rings. The Labute approximate surface area is 142 Å². The number of benzene rings is 1. The molecule has 1 saturated heterocycles. The summed E-state index contributed by atoms with van der Waals surface area (Å²) >= 11 is 0. The van der Waals surface area contributed by atoms with E-state index in [-0.39, 0.29) is 11.6 Å². The van der Waals surface area contributed by atoms with Crippen LogP contribution in [0.15, 0.2) is 18.2 Å². The lowest BCUT2D eigenvalue weighted by Crippen LogP contribution is -2.48. The summed E-state index contributed by atoms with van der Waals surface area (Å²) < 4.78 is 19.1. The van der Waals surface area contributed by atoms with Gasteiger partial charge in [0.15, 0.2) is 0 Å². The number of hydrogen-bond donors (Lipinski definition) is 1. The molecule has 1 fully saturated rings. The lowest BCUT2D eigenvalue weighted by Gasteiger charge is -2.38. The lowest BCUT2D eigenvalue weighted by atomic mass is 9.99. The van der Waals surface area contributed by atoms with Gasteiger partial charge in [-0.25, -0.2) is 9.18 Å². The SMILES string of the molecule is CC(C)(C)OC(=O)NCC1CCCCN1c1cccc(F)c1C#N. The van der Waals surface area contributed by atoms with Gasteiger partial charge in [0.2, 0.25) is 0 Å². The number of carbonyl (C=O) groups is 1. The van der Waals surface area contributed by atoms with Gasteiger partial charge in [0.05, 0.1) is 5.69 Å². The fourth-order valence-electron chi connectivity index (χ4n) is 2.91. The summed E-state index contributed by atoms with van der Waals surface area (Å²) in [5, 5.41) is 12.0. The van der Waals surface area contributed by atoms with E-state index < -0.39 is 17.5 Å². The predicted octanol–water partition coefficient (Wildman–Crippen LogP) is 3.58. The van der Waals surface area contributed by atoms with Crippen LogP contribution < -0.4 is 10.2 Å². The molecule has 1 atom stereocenters. The van der Waals surface area contributed by atoms with E-state index in [2.05, 4.69) is 5.32 Å². The van der Waals surface area contributed by atoms with Crippen LogP contribution in [0.25, 0.3) is 0 Å². The number of rotatable bonds is 3. The monoisotopic (exact) mass is 333 g/mol. The van der Waals surface area contributed by atoms with Crippen LogP contribution in [0.2, 0.25) is 0 Å². The van der Waals surface area contributed by atoms with Crippen molar-refractivity contribution in [3.63, 3.8) is 0 Å². The van der Waals surface area contributed by atoms with E-state index in [0.717, 1.165) is 25.8 Å². The number of ether oxygens (including phenoxy) is 1. The van der Waals surface area contributed by atoms with Crippen molar-refractivity contribution < 1.29 is 13.9 Å². The Kier molecular flexibility index (Phi) is 5.66. The highest BCUT2D eigenvalue weighted by Gasteiger charge is 2.26. The predicted molar refractivity (Wildman–Crippen MR) is 90.3 cm³/mol. The molecule has 1 unspecified atom stereocenters. The number of nitrogens with zero attached hydrogens (tertiary/aromatic N) is 2. The number of halogens is 1. The van der Waals surface area contributed by atoms with Gasteiger partial charge >= 0.3 is 6.09 Å². The van der Waals surface area contributed by atoms with E-state index in [4.69, 9.17) is 4.74 Å². The highest BCUT2D eigenvalue weighted by Crippen LogP contribution is 2.29. The Morgan fingerprint density at radius 3 is 2.88 bits per heavy atom. The normalized spacial score (nSPS) is 18.0. The fraction of sp³-hybridized carbons (Fsp3) is 0.556. The van der Waals surface area contributed by atoms with Crippen LogP contribution >= 0.6 is 0 Å². The van der Waals surface area contributed by atoms with Crippen LogP contribution in [0.3, 0.4) is 0 Å². The molecule has 1 aliphatic heterocycles. The van der Waals surface area contributed by atoms with Crippen LogP contribution in [0, 0.1) is 17.1 Å². The molecule has 0 bridgehead atoms. The van der Waals surface area contributed by atoms with Crippen LogP contribution in [-0.4, -0.2) is 30.8 Å². The average molecular weight is 333 g/mol. The smallest absolute Gasteiger partial charge is 0.407 e. The molecule has 1 aromatic carbocycles. The lowest BCUT2D eigenvalue weighted by molar-refractivity contribution is 0.0523. The summed E-state index contributed by atoms with van der Waals surface area (Å²) in [6, 6.07) is 6.62. The van der Waals surface area contributed by atoms with Crippen LogP contribution in [0.4, 0.5) is 14.9 Å². The van der Waals surface area contributed by atoms with Gasteiger partial charge < -0.3 is 15.0 Å². The molecule has 1 heterocycles. The van der Waals surface area contributed by atoms with Crippen molar-refractivity contribution in [2.45, 2.75) is 51.7 Å². The third-order valence-electron chi connectivity index (χ3n) is 3.92. The van der Waals surface area contributed by atoms with Crippen molar-refractivity contribution in [1.82, 2.24) is 5.32 Å². The molecule has 24 heavy (non-hydrogen) atoms. The standard InChI is InChI=1S/C18H24FN3O2/c1-18(2,3)24-17(23)21-12-13-7-4-5-10-22(13)16-9-6-8-15(19)14(16)11-20/h6,8-9,13H,4-5,7,10,12H2,1-3H3,(H,21,23). The van der Waals surface area contributed by atoms with Crippen molar-refractivity contribution >= 4 is 11.8 Å². The highest BCUT2D eigenvalue weighted by atomic mass is 19.1. The summed E-state index contributed by atoms with van der Waals surface area (Å²) in [4.78, 5) is 13.9. The zero-order chi connectivity index (χ0) is 17.7. The number of alkyl carbamates (subject to hydrolysis) is 1. The quantitative estimate of drug-likeness (QED) is 0.918. The molecule has 0 aliphatic carbocycles. The second kappa shape index (κ2) is 7.52. The van der Waals surface area contributed by atoms with Crippen molar-refractivity contribution in [1.29, 1.82) is 5.26 Å². The molecule has 1 aliphatic rings. The van der Waals surface area contributed by atoms with Gasteiger partial charge in [-0.15, -0.1) is 0 Å². The van der Waals surface area contributed by atoms with Crippen LogP contribution in [-0.2, 0) is 4.74 Å². The van der Waals surface area contributed by atoms with Gasteiger partial charge in [-0.3, -0.25) is 0 Å². The zero-order valence-corrected chi connectivity index (χ0v) is 14.4. The van der Waals surface area contributed by atoms with Gasteiger partial charge in [-0.2, -0.15) is 5.26 Å². The van der Waals surface area contributed by atoms with E-state index in [1.54, 1.807) is 12.1 Å². The Hall–Kier alpha value is -2.29. The summed E-state index contributed by atoms with van der Waals surface area (Å²) in [6.07, 6.45) is 2.42. The van der Waals surface area contributed by atoms with Gasteiger partial charge in [-0.05, 0) is 52.2 Å². The van der Waals surface area contributed by atoms with Gasteiger partial charge in [-0.1, -0.05) is 6.07 Å². The van der Waals surface area contributed by atoms with Crippen LogP contribution in [0.5, 0.6) is 0 Å². The number of piperidine rings is 1. The van der Waals surface area contributed by atoms with Gasteiger partial charge in [0.1, 0.15) is 23.1 Å².